The molecule has 2 aromatic rings. The van der Waals surface area contributed by atoms with Crippen LogP contribution >= 0.6 is 0 Å². The summed E-state index contributed by atoms with van der Waals surface area (Å²) in [6.45, 7) is 3.31. The largest absolute Gasteiger partial charge is 0.474 e. The molecule has 1 aliphatic heterocycles. The van der Waals surface area contributed by atoms with Gasteiger partial charge in [-0.05, 0) is 51.5 Å². The van der Waals surface area contributed by atoms with Crippen molar-refractivity contribution in [3.8, 4) is 5.88 Å². The summed E-state index contributed by atoms with van der Waals surface area (Å²) in [5.41, 5.74) is -0.976. The SMILES string of the molecule is Cn1cc(C(F)(F)F)c2ccc(OC3CCC4(CC3)CN(C(=O)[C@H]3C[C@@](C)(O)C3)C4)nc21. The first-order valence-electron chi connectivity index (χ1n) is 11.2. The van der Waals surface area contributed by atoms with Crippen LogP contribution in [-0.4, -0.2) is 50.3 Å². The number of amides is 1. The molecule has 3 heterocycles. The van der Waals surface area contributed by atoms with E-state index in [0.717, 1.165) is 45.0 Å². The van der Waals surface area contributed by atoms with Crippen LogP contribution in [0.15, 0.2) is 18.3 Å². The standard InChI is InChI=1S/C23H28F3N3O3/c1-21(31)9-14(10-21)20(30)29-12-22(13-29)7-5-15(6-8-22)32-18-4-3-16-17(23(24,25)26)11-28(2)19(16)27-18/h3-4,11,14-15,31H,5-10,12-13H2,1-2H3/t14-,21+. The number of carbonyl (C=O) groups is 1. The number of rotatable bonds is 3. The molecule has 6 nitrogen and oxygen atoms in total. The molecule has 0 atom stereocenters. The maximum atomic E-state index is 13.2. The minimum absolute atomic E-state index is 0.0283. The van der Waals surface area contributed by atoms with Gasteiger partial charge in [0.05, 0.1) is 11.2 Å². The summed E-state index contributed by atoms with van der Waals surface area (Å²) in [6.07, 6.45) is 1.28. The van der Waals surface area contributed by atoms with Crippen LogP contribution in [0.5, 0.6) is 5.88 Å². The van der Waals surface area contributed by atoms with Gasteiger partial charge in [-0.15, -0.1) is 0 Å². The third-order valence-corrected chi connectivity index (χ3v) is 7.47. The highest BCUT2D eigenvalue weighted by Crippen LogP contribution is 2.47. The Labute approximate surface area is 184 Å². The molecule has 0 aromatic carbocycles. The number of fused-ring (bicyclic) bond motifs is 1. The van der Waals surface area contributed by atoms with Crippen molar-refractivity contribution in [1.82, 2.24) is 14.5 Å². The van der Waals surface area contributed by atoms with Crippen molar-refractivity contribution in [3.63, 3.8) is 0 Å². The zero-order valence-electron chi connectivity index (χ0n) is 18.3. The number of hydrogen-bond acceptors (Lipinski definition) is 4. The molecule has 1 amide bonds. The van der Waals surface area contributed by atoms with Crippen molar-refractivity contribution in [3.05, 3.63) is 23.9 Å². The number of halogens is 3. The molecular weight excluding hydrogens is 423 g/mol. The van der Waals surface area contributed by atoms with Gasteiger partial charge < -0.3 is 19.3 Å². The molecule has 9 heteroatoms. The fourth-order valence-corrected chi connectivity index (χ4v) is 5.69. The van der Waals surface area contributed by atoms with E-state index in [1.807, 2.05) is 4.90 Å². The van der Waals surface area contributed by atoms with Crippen molar-refractivity contribution in [2.24, 2.45) is 18.4 Å². The van der Waals surface area contributed by atoms with E-state index in [-0.39, 0.29) is 34.4 Å². The molecule has 5 rings (SSSR count). The summed E-state index contributed by atoms with van der Waals surface area (Å²) in [5, 5.41) is 9.94. The number of ether oxygens (including phenoxy) is 1. The van der Waals surface area contributed by atoms with E-state index in [0.29, 0.717) is 18.7 Å². The highest BCUT2D eigenvalue weighted by molar-refractivity contribution is 5.82. The molecule has 1 spiro atoms. The Morgan fingerprint density at radius 2 is 1.88 bits per heavy atom. The fraction of sp³-hybridized carbons (Fsp3) is 0.652. The van der Waals surface area contributed by atoms with Crippen LogP contribution < -0.4 is 4.74 Å². The van der Waals surface area contributed by atoms with Crippen LogP contribution in [0.2, 0.25) is 0 Å². The van der Waals surface area contributed by atoms with Gasteiger partial charge in [-0.2, -0.15) is 18.2 Å². The number of alkyl halides is 3. The number of nitrogens with zero attached hydrogens (tertiary/aromatic N) is 3. The zero-order valence-corrected chi connectivity index (χ0v) is 18.3. The number of hydrogen-bond donors (Lipinski definition) is 1. The Kier molecular flexibility index (Phi) is 4.78. The van der Waals surface area contributed by atoms with E-state index in [2.05, 4.69) is 4.98 Å². The van der Waals surface area contributed by atoms with Gasteiger partial charge in [0.15, 0.2) is 0 Å². The number of carbonyl (C=O) groups excluding carboxylic acids is 1. The third-order valence-electron chi connectivity index (χ3n) is 7.47. The maximum absolute atomic E-state index is 13.2. The van der Waals surface area contributed by atoms with Gasteiger partial charge in [-0.25, -0.2) is 0 Å². The lowest BCUT2D eigenvalue weighted by Crippen LogP contribution is -2.63. The van der Waals surface area contributed by atoms with Crippen LogP contribution in [0.25, 0.3) is 11.0 Å². The van der Waals surface area contributed by atoms with Gasteiger partial charge in [-0.1, -0.05) is 0 Å². The highest BCUT2D eigenvalue weighted by Gasteiger charge is 2.51. The molecule has 1 N–H and O–H groups in total. The number of aliphatic hydroxyl groups is 1. The van der Waals surface area contributed by atoms with Gasteiger partial charge >= 0.3 is 6.18 Å². The van der Waals surface area contributed by atoms with Crippen LogP contribution in [0.3, 0.4) is 0 Å². The van der Waals surface area contributed by atoms with E-state index in [1.54, 1.807) is 14.0 Å². The smallest absolute Gasteiger partial charge is 0.418 e. The number of pyridine rings is 1. The molecule has 2 saturated carbocycles. The zero-order chi connectivity index (χ0) is 22.9. The van der Waals surface area contributed by atoms with Gasteiger partial charge in [0.1, 0.15) is 11.8 Å². The predicted molar refractivity (Wildman–Crippen MR) is 111 cm³/mol. The van der Waals surface area contributed by atoms with Crippen LogP contribution in [0.1, 0.15) is 51.0 Å². The lowest BCUT2D eigenvalue weighted by Gasteiger charge is -2.55. The second-order valence-electron chi connectivity index (χ2n) is 10.3. The minimum atomic E-state index is -4.42. The van der Waals surface area contributed by atoms with Gasteiger partial charge in [0.2, 0.25) is 11.8 Å². The first kappa shape index (κ1) is 21.6. The number of likely N-dealkylation sites (tertiary alicyclic amines) is 1. The summed E-state index contributed by atoms with van der Waals surface area (Å²) in [4.78, 5) is 18.8. The van der Waals surface area contributed by atoms with Gasteiger partial charge in [0.25, 0.3) is 0 Å². The molecular formula is C23H28F3N3O3. The average molecular weight is 451 g/mol. The lowest BCUT2D eigenvalue weighted by molar-refractivity contribution is -0.164. The van der Waals surface area contributed by atoms with E-state index in [4.69, 9.17) is 4.74 Å². The Hall–Kier alpha value is -2.29. The molecule has 0 unspecified atom stereocenters. The molecule has 174 valence electrons. The van der Waals surface area contributed by atoms with E-state index >= 15 is 0 Å². The highest BCUT2D eigenvalue weighted by atomic mass is 19.4. The molecule has 2 aliphatic carbocycles. The quantitative estimate of drug-likeness (QED) is 0.769. The Morgan fingerprint density at radius 1 is 1.22 bits per heavy atom. The Morgan fingerprint density at radius 3 is 2.47 bits per heavy atom. The van der Waals surface area contributed by atoms with E-state index in [1.165, 1.54) is 16.7 Å². The Balaban J connectivity index is 1.16. The third kappa shape index (κ3) is 3.74. The molecule has 32 heavy (non-hydrogen) atoms. The summed E-state index contributed by atoms with van der Waals surface area (Å²) in [6, 6.07) is 2.94. The second-order valence-corrected chi connectivity index (χ2v) is 10.3. The van der Waals surface area contributed by atoms with Gasteiger partial charge in [-0.3, -0.25) is 4.79 Å². The second kappa shape index (κ2) is 7.10. The summed E-state index contributed by atoms with van der Waals surface area (Å²) in [5.74, 6) is 0.466. The molecule has 0 bridgehead atoms. The summed E-state index contributed by atoms with van der Waals surface area (Å²) < 4.78 is 47.0. The monoisotopic (exact) mass is 451 g/mol. The van der Waals surface area contributed by atoms with Crippen molar-refractivity contribution >= 4 is 16.9 Å². The van der Waals surface area contributed by atoms with Crippen molar-refractivity contribution in [1.29, 1.82) is 0 Å². The molecule has 3 fully saturated rings. The normalized spacial score (nSPS) is 27.9. The number of aryl methyl sites for hydroxylation is 1. The summed E-state index contributed by atoms with van der Waals surface area (Å²) in [7, 11) is 1.55. The first-order chi connectivity index (χ1) is 14.9. The molecule has 0 radical (unpaired) electrons. The molecule has 2 aromatic heterocycles. The van der Waals surface area contributed by atoms with Crippen LogP contribution in [-0.2, 0) is 18.0 Å². The van der Waals surface area contributed by atoms with Gasteiger partial charge in [0, 0.05) is 49.1 Å². The Bertz CT molecular complexity index is 1040. The topological polar surface area (TPSA) is 67.6 Å². The van der Waals surface area contributed by atoms with Crippen LogP contribution in [0.4, 0.5) is 13.2 Å². The van der Waals surface area contributed by atoms with E-state index in [9.17, 15) is 23.1 Å². The lowest BCUT2D eigenvalue weighted by atomic mass is 9.66. The molecule has 3 aliphatic rings. The van der Waals surface area contributed by atoms with E-state index < -0.39 is 17.3 Å². The van der Waals surface area contributed by atoms with Crippen molar-refractivity contribution in [2.45, 2.75) is 63.3 Å². The first-order valence-corrected chi connectivity index (χ1v) is 11.2. The predicted octanol–water partition coefficient (Wildman–Crippen LogP) is 3.90. The number of aromatic nitrogens is 2. The van der Waals surface area contributed by atoms with Crippen LogP contribution in [0, 0.1) is 11.3 Å². The fourth-order valence-electron chi connectivity index (χ4n) is 5.69. The van der Waals surface area contributed by atoms with Crippen molar-refractivity contribution in [2.75, 3.05) is 13.1 Å². The molecule has 1 saturated heterocycles. The minimum Gasteiger partial charge on any atom is -0.474 e. The average Bonchev–Trinajstić information content (AvgIpc) is 3.01. The maximum Gasteiger partial charge on any atom is 0.418 e. The van der Waals surface area contributed by atoms with Crippen molar-refractivity contribution < 1.29 is 27.8 Å². The summed E-state index contributed by atoms with van der Waals surface area (Å²) >= 11 is 0.